The van der Waals surface area contributed by atoms with E-state index in [0.29, 0.717) is 16.5 Å². The number of imidazole rings is 1. The van der Waals surface area contributed by atoms with E-state index < -0.39 is 0 Å². The van der Waals surface area contributed by atoms with E-state index in [1.54, 1.807) is 22.9 Å². The third kappa shape index (κ3) is 3.90. The van der Waals surface area contributed by atoms with Crippen molar-refractivity contribution in [1.82, 2.24) is 9.55 Å². The molecule has 0 saturated carbocycles. The minimum Gasteiger partial charge on any atom is -0.320 e. The van der Waals surface area contributed by atoms with Crippen molar-refractivity contribution in [3.63, 3.8) is 0 Å². The van der Waals surface area contributed by atoms with E-state index >= 15 is 0 Å². The Labute approximate surface area is 162 Å². The lowest BCUT2D eigenvalue weighted by molar-refractivity contribution is 0.102. The fraction of sp³-hybridized carbons (Fsp3) is 0.238. The number of aryl methyl sites for hydroxylation is 2. The molecule has 0 bridgehead atoms. The summed E-state index contributed by atoms with van der Waals surface area (Å²) >= 11 is 1.43. The van der Waals surface area contributed by atoms with Crippen molar-refractivity contribution in [2.45, 2.75) is 31.8 Å². The van der Waals surface area contributed by atoms with Gasteiger partial charge in [0.2, 0.25) is 0 Å². The number of carbonyl (C=O) groups is 1. The molecule has 3 rings (SSSR count). The number of carbonyl (C=O) groups excluding carboxylic acids is 1. The summed E-state index contributed by atoms with van der Waals surface area (Å²) in [5.41, 5.74) is 4.17. The summed E-state index contributed by atoms with van der Waals surface area (Å²) in [7, 11) is 0. The molecule has 0 aliphatic rings. The molecule has 0 fully saturated rings. The van der Waals surface area contributed by atoms with Crippen LogP contribution in [0.15, 0.2) is 53.8 Å². The number of para-hydroxylation sites is 1. The molecule has 0 saturated heterocycles. The summed E-state index contributed by atoms with van der Waals surface area (Å²) in [5.74, 6) is -0.553. The predicted octanol–water partition coefficient (Wildman–Crippen LogP) is 5.11. The van der Waals surface area contributed by atoms with Gasteiger partial charge in [-0.2, -0.15) is 0 Å². The van der Waals surface area contributed by atoms with Gasteiger partial charge in [-0.25, -0.2) is 9.37 Å². The molecule has 0 spiro atoms. The Morgan fingerprint density at radius 2 is 1.74 bits per heavy atom. The number of hydrogen-bond acceptors (Lipinski definition) is 3. The van der Waals surface area contributed by atoms with Gasteiger partial charge < -0.3 is 5.32 Å². The van der Waals surface area contributed by atoms with Crippen LogP contribution in [0.2, 0.25) is 0 Å². The Hall–Kier alpha value is -2.60. The topological polar surface area (TPSA) is 46.9 Å². The zero-order valence-corrected chi connectivity index (χ0v) is 16.4. The van der Waals surface area contributed by atoms with Gasteiger partial charge in [-0.05, 0) is 54.5 Å². The molecule has 1 aromatic heterocycles. The van der Waals surface area contributed by atoms with Gasteiger partial charge >= 0.3 is 0 Å². The summed E-state index contributed by atoms with van der Waals surface area (Å²) in [6.45, 7) is 4.14. The van der Waals surface area contributed by atoms with Crippen molar-refractivity contribution in [3.05, 3.63) is 71.3 Å². The van der Waals surface area contributed by atoms with Crippen LogP contribution in [-0.2, 0) is 12.8 Å². The quantitative estimate of drug-likeness (QED) is 0.602. The summed E-state index contributed by atoms with van der Waals surface area (Å²) in [5, 5.41) is 3.75. The standard InChI is InChI=1S/C21H22FN3OS/c1-4-14-7-6-8-15(5-2)19(14)24-20(26)18-13-23-21(27-3)25(18)17-11-9-16(22)10-12-17/h6-13H,4-5H2,1-3H3,(H,24,26). The third-order valence-electron chi connectivity index (χ3n) is 4.47. The Morgan fingerprint density at radius 1 is 1.11 bits per heavy atom. The van der Waals surface area contributed by atoms with Crippen molar-refractivity contribution in [2.24, 2.45) is 0 Å². The largest absolute Gasteiger partial charge is 0.320 e. The van der Waals surface area contributed by atoms with Crippen LogP contribution < -0.4 is 5.32 Å². The van der Waals surface area contributed by atoms with Crippen molar-refractivity contribution in [2.75, 3.05) is 11.6 Å². The summed E-state index contributed by atoms with van der Waals surface area (Å²) < 4.78 is 15.1. The first-order chi connectivity index (χ1) is 13.1. The molecular weight excluding hydrogens is 361 g/mol. The highest BCUT2D eigenvalue weighted by Crippen LogP contribution is 2.26. The summed E-state index contributed by atoms with van der Waals surface area (Å²) in [6.07, 6.45) is 5.11. The number of nitrogens with zero attached hydrogens (tertiary/aromatic N) is 2. The van der Waals surface area contributed by atoms with Gasteiger partial charge in [-0.1, -0.05) is 43.8 Å². The zero-order chi connectivity index (χ0) is 19.4. The van der Waals surface area contributed by atoms with Gasteiger partial charge in [0.25, 0.3) is 5.91 Å². The Morgan fingerprint density at radius 3 is 2.30 bits per heavy atom. The van der Waals surface area contributed by atoms with Crippen molar-refractivity contribution >= 4 is 23.4 Å². The number of anilines is 1. The number of aromatic nitrogens is 2. The fourth-order valence-corrected chi connectivity index (χ4v) is 3.60. The molecule has 1 amide bonds. The first-order valence-corrected chi connectivity index (χ1v) is 10.1. The molecule has 1 N–H and O–H groups in total. The van der Waals surface area contributed by atoms with E-state index in [0.717, 1.165) is 29.7 Å². The highest BCUT2D eigenvalue weighted by atomic mass is 32.2. The molecule has 0 aliphatic heterocycles. The van der Waals surface area contributed by atoms with Crippen molar-refractivity contribution < 1.29 is 9.18 Å². The van der Waals surface area contributed by atoms with E-state index in [1.807, 2.05) is 24.5 Å². The maximum absolute atomic E-state index is 13.3. The Kier molecular flexibility index (Phi) is 5.96. The smallest absolute Gasteiger partial charge is 0.274 e. The van der Waals surface area contributed by atoms with Crippen LogP contribution in [0.1, 0.15) is 35.5 Å². The van der Waals surface area contributed by atoms with E-state index in [1.165, 1.54) is 23.9 Å². The minimum atomic E-state index is -0.319. The molecule has 3 aromatic rings. The van der Waals surface area contributed by atoms with Gasteiger partial charge in [0.05, 0.1) is 6.20 Å². The van der Waals surface area contributed by atoms with Crippen LogP contribution in [0.25, 0.3) is 5.69 Å². The number of halogens is 1. The van der Waals surface area contributed by atoms with Crippen LogP contribution in [0.5, 0.6) is 0 Å². The van der Waals surface area contributed by atoms with E-state index in [2.05, 4.69) is 24.1 Å². The van der Waals surface area contributed by atoms with Gasteiger partial charge in [0, 0.05) is 11.4 Å². The SMILES string of the molecule is CCc1cccc(CC)c1NC(=O)c1cnc(SC)n1-c1ccc(F)cc1. The molecule has 0 unspecified atom stereocenters. The lowest BCUT2D eigenvalue weighted by Gasteiger charge is -2.16. The van der Waals surface area contributed by atoms with Crippen LogP contribution in [-0.4, -0.2) is 21.7 Å². The molecule has 140 valence electrons. The number of amides is 1. The number of thioether (sulfide) groups is 1. The number of rotatable bonds is 6. The normalized spacial score (nSPS) is 10.8. The highest BCUT2D eigenvalue weighted by molar-refractivity contribution is 7.98. The van der Waals surface area contributed by atoms with Gasteiger partial charge in [0.15, 0.2) is 5.16 Å². The van der Waals surface area contributed by atoms with E-state index in [9.17, 15) is 9.18 Å². The Bertz CT molecular complexity index is 928. The van der Waals surface area contributed by atoms with Crippen LogP contribution >= 0.6 is 11.8 Å². The fourth-order valence-electron chi connectivity index (χ4n) is 3.06. The molecular formula is C21H22FN3OS. The second-order valence-electron chi connectivity index (χ2n) is 6.05. The number of benzene rings is 2. The molecule has 0 atom stereocenters. The maximum atomic E-state index is 13.3. The van der Waals surface area contributed by atoms with Gasteiger partial charge in [0.1, 0.15) is 11.5 Å². The van der Waals surface area contributed by atoms with Crippen LogP contribution in [0.3, 0.4) is 0 Å². The lowest BCUT2D eigenvalue weighted by atomic mass is 10.0. The monoisotopic (exact) mass is 383 g/mol. The number of hydrogen-bond donors (Lipinski definition) is 1. The first kappa shape index (κ1) is 19.2. The van der Waals surface area contributed by atoms with Gasteiger partial charge in [-0.15, -0.1) is 0 Å². The maximum Gasteiger partial charge on any atom is 0.274 e. The average molecular weight is 383 g/mol. The highest BCUT2D eigenvalue weighted by Gasteiger charge is 2.19. The van der Waals surface area contributed by atoms with Gasteiger partial charge in [-0.3, -0.25) is 9.36 Å². The average Bonchev–Trinajstić information content (AvgIpc) is 3.13. The van der Waals surface area contributed by atoms with E-state index in [-0.39, 0.29) is 11.7 Å². The summed E-state index contributed by atoms with van der Waals surface area (Å²) in [6, 6.07) is 12.1. The first-order valence-electron chi connectivity index (χ1n) is 8.88. The second kappa shape index (κ2) is 8.39. The molecule has 0 radical (unpaired) electrons. The van der Waals surface area contributed by atoms with Crippen molar-refractivity contribution in [1.29, 1.82) is 0 Å². The zero-order valence-electron chi connectivity index (χ0n) is 15.6. The number of nitrogens with one attached hydrogen (secondary N) is 1. The second-order valence-corrected chi connectivity index (χ2v) is 6.83. The van der Waals surface area contributed by atoms with Crippen molar-refractivity contribution in [3.8, 4) is 5.69 Å². The molecule has 1 heterocycles. The Balaban J connectivity index is 2.02. The third-order valence-corrected chi connectivity index (χ3v) is 5.12. The molecule has 27 heavy (non-hydrogen) atoms. The lowest BCUT2D eigenvalue weighted by Crippen LogP contribution is -2.18. The minimum absolute atomic E-state index is 0.234. The molecule has 0 aliphatic carbocycles. The molecule has 4 nitrogen and oxygen atoms in total. The molecule has 2 aromatic carbocycles. The van der Waals surface area contributed by atoms with E-state index in [4.69, 9.17) is 0 Å². The van der Waals surface area contributed by atoms with Crippen LogP contribution in [0.4, 0.5) is 10.1 Å². The molecule has 6 heteroatoms. The predicted molar refractivity (Wildman–Crippen MR) is 108 cm³/mol. The summed E-state index contributed by atoms with van der Waals surface area (Å²) in [4.78, 5) is 17.4. The van der Waals surface area contributed by atoms with Crippen LogP contribution in [0, 0.1) is 5.82 Å².